The highest BCUT2D eigenvalue weighted by atomic mass is 16.6. The highest BCUT2D eigenvalue weighted by Crippen LogP contribution is 2.35. The van der Waals surface area contributed by atoms with E-state index in [-0.39, 0.29) is 23.5 Å². The van der Waals surface area contributed by atoms with Crippen LogP contribution in [-0.4, -0.2) is 24.8 Å². The second kappa shape index (κ2) is 10.6. The molecule has 0 aromatic heterocycles. The van der Waals surface area contributed by atoms with Gasteiger partial charge in [-0.25, -0.2) is 9.59 Å². The van der Waals surface area contributed by atoms with E-state index >= 15 is 0 Å². The van der Waals surface area contributed by atoms with Gasteiger partial charge in [0.1, 0.15) is 11.3 Å². The van der Waals surface area contributed by atoms with Gasteiger partial charge in [0.25, 0.3) is 0 Å². The summed E-state index contributed by atoms with van der Waals surface area (Å²) in [7, 11) is 1.21. The lowest BCUT2D eigenvalue weighted by Gasteiger charge is -2.29. The van der Waals surface area contributed by atoms with Gasteiger partial charge in [0.15, 0.2) is 0 Å². The number of rotatable bonds is 6. The van der Waals surface area contributed by atoms with E-state index in [1.54, 1.807) is 45.0 Å². The van der Waals surface area contributed by atoms with Crippen LogP contribution >= 0.6 is 0 Å². The number of amides is 1. The Balaban J connectivity index is 2.06. The summed E-state index contributed by atoms with van der Waals surface area (Å²) in [6.07, 6.45) is -0.752. The number of carbonyl (C=O) groups is 2. The highest BCUT2D eigenvalue weighted by molar-refractivity contribution is 6.04. The lowest BCUT2D eigenvalue weighted by atomic mass is 9.99. The summed E-state index contributed by atoms with van der Waals surface area (Å²) < 4.78 is 10.4. The Morgan fingerprint density at radius 1 is 1.00 bits per heavy atom. The maximum atomic E-state index is 13.2. The number of carbonyl (C=O) groups excluding carboxylic acids is 2. The molecule has 8 nitrogen and oxygen atoms in total. The number of ether oxygens (including phenoxy) is 2. The third-order valence-electron chi connectivity index (χ3n) is 5.06. The lowest BCUT2D eigenvalue weighted by Crippen LogP contribution is -2.37. The predicted octanol–water partition coefficient (Wildman–Crippen LogP) is 6.35. The minimum Gasteiger partial charge on any atom is -0.465 e. The fourth-order valence-electron chi connectivity index (χ4n) is 3.52. The SMILES string of the molecule is COC(=O)c1cccc(N=O)c1N(Cc1ccc(-c2ccccc2C#N)cc1)C(=O)OC(C)(C)C. The fourth-order valence-corrected chi connectivity index (χ4v) is 3.52. The Labute approximate surface area is 203 Å². The summed E-state index contributed by atoms with van der Waals surface area (Å²) in [4.78, 5) is 38.5. The van der Waals surface area contributed by atoms with E-state index < -0.39 is 17.7 Å². The highest BCUT2D eigenvalue weighted by Gasteiger charge is 2.30. The van der Waals surface area contributed by atoms with Crippen molar-refractivity contribution in [3.05, 3.63) is 88.3 Å². The Bertz CT molecular complexity index is 1290. The van der Waals surface area contributed by atoms with Crippen molar-refractivity contribution in [2.24, 2.45) is 5.18 Å². The van der Waals surface area contributed by atoms with E-state index in [2.05, 4.69) is 11.2 Å². The van der Waals surface area contributed by atoms with Gasteiger partial charge in [0.2, 0.25) is 0 Å². The molecule has 0 saturated carbocycles. The van der Waals surface area contributed by atoms with Gasteiger partial charge in [-0.1, -0.05) is 48.5 Å². The molecule has 178 valence electrons. The van der Waals surface area contributed by atoms with Gasteiger partial charge in [-0.2, -0.15) is 5.26 Å². The number of nitriles is 1. The first-order valence-corrected chi connectivity index (χ1v) is 10.8. The van der Waals surface area contributed by atoms with Crippen LogP contribution in [0.25, 0.3) is 11.1 Å². The zero-order valence-corrected chi connectivity index (χ0v) is 19.9. The number of benzene rings is 3. The molecule has 3 aromatic carbocycles. The minimum atomic E-state index is -0.824. The van der Waals surface area contributed by atoms with Crippen LogP contribution < -0.4 is 4.90 Å². The third kappa shape index (κ3) is 5.89. The predicted molar refractivity (Wildman–Crippen MR) is 132 cm³/mol. The van der Waals surface area contributed by atoms with Gasteiger partial charge in [0.05, 0.1) is 36.5 Å². The molecule has 0 spiro atoms. The molecular formula is C27H25N3O5. The molecule has 0 atom stereocenters. The second-order valence-corrected chi connectivity index (χ2v) is 8.68. The Kier molecular flexibility index (Phi) is 7.62. The first-order chi connectivity index (χ1) is 16.7. The molecule has 0 bridgehead atoms. The smallest absolute Gasteiger partial charge is 0.415 e. The number of esters is 1. The summed E-state index contributed by atoms with van der Waals surface area (Å²) >= 11 is 0. The number of para-hydroxylation sites is 1. The van der Waals surface area contributed by atoms with Crippen molar-refractivity contribution < 1.29 is 19.1 Å². The van der Waals surface area contributed by atoms with Crippen molar-refractivity contribution in [2.75, 3.05) is 12.0 Å². The summed E-state index contributed by atoms with van der Waals surface area (Å²) in [5.41, 5.74) is 1.95. The molecule has 0 aliphatic heterocycles. The number of nitrogens with zero attached hydrogens (tertiary/aromatic N) is 3. The molecule has 0 aliphatic carbocycles. The molecule has 0 heterocycles. The minimum absolute atomic E-state index is 0.00232. The molecule has 0 N–H and O–H groups in total. The van der Waals surface area contributed by atoms with Crippen LogP contribution in [0.3, 0.4) is 0 Å². The van der Waals surface area contributed by atoms with Crippen LogP contribution in [0.2, 0.25) is 0 Å². The van der Waals surface area contributed by atoms with Gasteiger partial charge in [0, 0.05) is 0 Å². The van der Waals surface area contributed by atoms with Gasteiger partial charge >= 0.3 is 12.1 Å². The van der Waals surface area contributed by atoms with E-state index in [1.807, 2.05) is 24.3 Å². The van der Waals surface area contributed by atoms with Crippen molar-refractivity contribution in [1.29, 1.82) is 5.26 Å². The van der Waals surface area contributed by atoms with Gasteiger partial charge in [-0.05, 0) is 60.8 Å². The first-order valence-electron chi connectivity index (χ1n) is 10.8. The zero-order chi connectivity index (χ0) is 25.6. The quantitative estimate of drug-likeness (QED) is 0.306. The molecule has 0 aliphatic rings. The zero-order valence-electron chi connectivity index (χ0n) is 19.9. The largest absolute Gasteiger partial charge is 0.465 e. The van der Waals surface area contributed by atoms with Crippen molar-refractivity contribution in [1.82, 2.24) is 0 Å². The van der Waals surface area contributed by atoms with E-state index in [0.29, 0.717) is 11.1 Å². The van der Waals surface area contributed by atoms with E-state index in [9.17, 15) is 19.8 Å². The van der Waals surface area contributed by atoms with Gasteiger partial charge < -0.3 is 9.47 Å². The van der Waals surface area contributed by atoms with Crippen LogP contribution in [-0.2, 0) is 16.0 Å². The Morgan fingerprint density at radius 3 is 2.29 bits per heavy atom. The van der Waals surface area contributed by atoms with Crippen molar-refractivity contribution >= 4 is 23.4 Å². The first kappa shape index (κ1) is 25.1. The average molecular weight is 472 g/mol. The van der Waals surface area contributed by atoms with E-state index in [0.717, 1.165) is 11.1 Å². The van der Waals surface area contributed by atoms with E-state index in [1.165, 1.54) is 30.2 Å². The van der Waals surface area contributed by atoms with Crippen LogP contribution in [0, 0.1) is 16.2 Å². The molecule has 3 aromatic rings. The van der Waals surface area contributed by atoms with Crippen LogP contribution in [0.4, 0.5) is 16.2 Å². The Hall–Kier alpha value is -4.51. The number of hydrogen-bond acceptors (Lipinski definition) is 7. The molecule has 3 rings (SSSR count). The molecule has 0 unspecified atom stereocenters. The van der Waals surface area contributed by atoms with Crippen molar-refractivity contribution in [2.45, 2.75) is 32.9 Å². The molecule has 35 heavy (non-hydrogen) atoms. The molecule has 8 heteroatoms. The van der Waals surface area contributed by atoms with Crippen molar-refractivity contribution in [3.63, 3.8) is 0 Å². The number of methoxy groups -OCH3 is 1. The number of anilines is 1. The average Bonchev–Trinajstić information content (AvgIpc) is 2.85. The molecule has 0 fully saturated rings. The van der Waals surface area contributed by atoms with Crippen LogP contribution in [0.15, 0.2) is 71.9 Å². The normalized spacial score (nSPS) is 10.7. The molecule has 0 saturated heterocycles. The summed E-state index contributed by atoms with van der Waals surface area (Å²) in [6.45, 7) is 5.15. The topological polar surface area (TPSA) is 109 Å². The van der Waals surface area contributed by atoms with Crippen molar-refractivity contribution in [3.8, 4) is 17.2 Å². The fraction of sp³-hybridized carbons (Fsp3) is 0.222. The van der Waals surface area contributed by atoms with Crippen LogP contribution in [0.5, 0.6) is 0 Å². The summed E-state index contributed by atoms with van der Waals surface area (Å²) in [5.74, 6) is -0.720. The number of nitroso groups, excluding NO2 is 1. The molecule has 1 amide bonds. The third-order valence-corrected chi connectivity index (χ3v) is 5.06. The molecule has 0 radical (unpaired) electrons. The summed E-state index contributed by atoms with van der Waals surface area (Å²) in [5, 5.41) is 12.4. The van der Waals surface area contributed by atoms with Crippen LogP contribution in [0.1, 0.15) is 42.3 Å². The summed E-state index contributed by atoms with van der Waals surface area (Å²) in [6, 6.07) is 21.1. The lowest BCUT2D eigenvalue weighted by molar-refractivity contribution is 0.0576. The monoisotopic (exact) mass is 471 g/mol. The van der Waals surface area contributed by atoms with E-state index in [4.69, 9.17) is 9.47 Å². The van der Waals surface area contributed by atoms with Gasteiger partial charge in [-0.15, -0.1) is 4.91 Å². The maximum Gasteiger partial charge on any atom is 0.415 e. The van der Waals surface area contributed by atoms with Gasteiger partial charge in [-0.3, -0.25) is 4.90 Å². The maximum absolute atomic E-state index is 13.2. The second-order valence-electron chi connectivity index (χ2n) is 8.68. The molecular weight excluding hydrogens is 446 g/mol. The Morgan fingerprint density at radius 2 is 1.69 bits per heavy atom. The number of hydrogen-bond donors (Lipinski definition) is 0. The standard InChI is InChI=1S/C27H25N3O5/c1-27(2,3)35-26(32)30(24-22(25(31)34-4)10-7-11-23(24)29-33)17-18-12-14-19(15-13-18)21-9-6-5-8-20(21)16-28/h5-15H,17H2,1-4H3.